The predicted octanol–water partition coefficient (Wildman–Crippen LogP) is 1.55. The molecule has 0 saturated heterocycles. The highest BCUT2D eigenvalue weighted by Gasteiger charge is 2.02. The van der Waals surface area contributed by atoms with Gasteiger partial charge < -0.3 is 11.5 Å². The Balaban J connectivity index is 3.24. The summed E-state index contributed by atoms with van der Waals surface area (Å²) >= 11 is 0. The van der Waals surface area contributed by atoms with Crippen LogP contribution in [0.15, 0.2) is 12.1 Å². The van der Waals surface area contributed by atoms with Gasteiger partial charge in [-0.05, 0) is 24.1 Å². The molecule has 4 N–H and O–H groups in total. The van der Waals surface area contributed by atoms with Gasteiger partial charge in [0.05, 0.1) is 11.4 Å². The standard InChI is InChI=1S/C8H11FN2/c1-2-5-3-6(9)4-7(10)8(5)11/h3-4H,2,10-11H2,1H3. The van der Waals surface area contributed by atoms with Crippen molar-refractivity contribution in [2.75, 3.05) is 11.5 Å². The maximum absolute atomic E-state index is 12.7. The van der Waals surface area contributed by atoms with Crippen molar-refractivity contribution in [1.29, 1.82) is 0 Å². The van der Waals surface area contributed by atoms with E-state index in [1.807, 2.05) is 6.92 Å². The van der Waals surface area contributed by atoms with Gasteiger partial charge in [0, 0.05) is 0 Å². The molecule has 0 fully saturated rings. The summed E-state index contributed by atoms with van der Waals surface area (Å²) in [4.78, 5) is 0. The van der Waals surface area contributed by atoms with Gasteiger partial charge in [-0.3, -0.25) is 0 Å². The first-order valence-corrected chi connectivity index (χ1v) is 3.48. The maximum Gasteiger partial charge on any atom is 0.125 e. The highest BCUT2D eigenvalue weighted by atomic mass is 19.1. The van der Waals surface area contributed by atoms with Gasteiger partial charge in [-0.25, -0.2) is 4.39 Å². The van der Waals surface area contributed by atoms with Gasteiger partial charge in [0.1, 0.15) is 5.82 Å². The van der Waals surface area contributed by atoms with Gasteiger partial charge in [0.25, 0.3) is 0 Å². The van der Waals surface area contributed by atoms with Gasteiger partial charge in [-0.2, -0.15) is 0 Å². The fraction of sp³-hybridized carbons (Fsp3) is 0.250. The molecule has 0 aliphatic carbocycles. The van der Waals surface area contributed by atoms with Gasteiger partial charge in [-0.15, -0.1) is 0 Å². The zero-order chi connectivity index (χ0) is 8.43. The summed E-state index contributed by atoms with van der Waals surface area (Å²) < 4.78 is 12.7. The average Bonchev–Trinajstić information content (AvgIpc) is 1.96. The average molecular weight is 154 g/mol. The van der Waals surface area contributed by atoms with Crippen molar-refractivity contribution in [1.82, 2.24) is 0 Å². The molecule has 2 nitrogen and oxygen atoms in total. The molecule has 0 radical (unpaired) electrons. The number of rotatable bonds is 1. The third-order valence-electron chi connectivity index (χ3n) is 1.64. The highest BCUT2D eigenvalue weighted by molar-refractivity contribution is 5.67. The van der Waals surface area contributed by atoms with Crippen LogP contribution in [-0.4, -0.2) is 0 Å². The minimum absolute atomic E-state index is 0.321. The Bertz CT molecular complexity index is 271. The fourth-order valence-electron chi connectivity index (χ4n) is 0.990. The molecule has 0 bridgehead atoms. The Labute approximate surface area is 65.0 Å². The van der Waals surface area contributed by atoms with Gasteiger partial charge in [0.15, 0.2) is 0 Å². The summed E-state index contributed by atoms with van der Waals surface area (Å²) in [5.74, 6) is -0.325. The molecular formula is C8H11FN2. The van der Waals surface area contributed by atoms with Crippen molar-refractivity contribution in [3.63, 3.8) is 0 Å². The summed E-state index contributed by atoms with van der Waals surface area (Å²) in [6, 6.07) is 2.64. The molecule has 0 amide bonds. The Morgan fingerprint density at radius 1 is 1.36 bits per heavy atom. The number of nitrogens with two attached hydrogens (primary N) is 2. The van der Waals surface area contributed by atoms with E-state index in [-0.39, 0.29) is 5.82 Å². The van der Waals surface area contributed by atoms with Gasteiger partial charge in [0.2, 0.25) is 0 Å². The van der Waals surface area contributed by atoms with Gasteiger partial charge >= 0.3 is 0 Å². The first-order chi connectivity index (χ1) is 5.15. The van der Waals surface area contributed by atoms with Crippen LogP contribution in [0.25, 0.3) is 0 Å². The molecular weight excluding hydrogens is 143 g/mol. The van der Waals surface area contributed by atoms with E-state index in [0.717, 1.165) is 5.56 Å². The first kappa shape index (κ1) is 7.85. The minimum atomic E-state index is -0.325. The van der Waals surface area contributed by atoms with Crippen molar-refractivity contribution >= 4 is 11.4 Å². The number of halogens is 1. The molecule has 3 heteroatoms. The summed E-state index contributed by atoms with van der Waals surface area (Å²) in [6.45, 7) is 1.91. The van der Waals surface area contributed by atoms with Crippen molar-refractivity contribution < 1.29 is 4.39 Å². The lowest BCUT2D eigenvalue weighted by Gasteiger charge is -2.05. The highest BCUT2D eigenvalue weighted by Crippen LogP contribution is 2.21. The zero-order valence-electron chi connectivity index (χ0n) is 6.39. The second-order valence-corrected chi connectivity index (χ2v) is 2.42. The van der Waals surface area contributed by atoms with E-state index in [2.05, 4.69) is 0 Å². The van der Waals surface area contributed by atoms with Crippen LogP contribution in [0.4, 0.5) is 15.8 Å². The molecule has 11 heavy (non-hydrogen) atoms. The molecule has 0 aliphatic heterocycles. The second-order valence-electron chi connectivity index (χ2n) is 2.42. The van der Waals surface area contributed by atoms with Crippen molar-refractivity contribution in [3.05, 3.63) is 23.5 Å². The number of hydrogen-bond donors (Lipinski definition) is 2. The zero-order valence-corrected chi connectivity index (χ0v) is 6.39. The molecule has 0 spiro atoms. The molecule has 1 aromatic carbocycles. The van der Waals surface area contributed by atoms with Crippen LogP contribution in [0.1, 0.15) is 12.5 Å². The molecule has 1 aromatic rings. The van der Waals surface area contributed by atoms with Crippen LogP contribution in [0, 0.1) is 5.82 Å². The van der Waals surface area contributed by atoms with Crippen LogP contribution < -0.4 is 11.5 Å². The van der Waals surface area contributed by atoms with E-state index in [9.17, 15) is 4.39 Å². The van der Waals surface area contributed by atoms with Crippen molar-refractivity contribution in [2.45, 2.75) is 13.3 Å². The van der Waals surface area contributed by atoms with E-state index in [1.54, 1.807) is 0 Å². The van der Waals surface area contributed by atoms with Crippen LogP contribution >= 0.6 is 0 Å². The number of hydrogen-bond acceptors (Lipinski definition) is 2. The van der Waals surface area contributed by atoms with Crippen LogP contribution in [0.3, 0.4) is 0 Å². The molecule has 0 saturated carbocycles. The van der Waals surface area contributed by atoms with Crippen LogP contribution in [0.5, 0.6) is 0 Å². The lowest BCUT2D eigenvalue weighted by molar-refractivity contribution is 0.626. The van der Waals surface area contributed by atoms with E-state index < -0.39 is 0 Å². The third-order valence-corrected chi connectivity index (χ3v) is 1.64. The molecule has 1 rings (SSSR count). The monoisotopic (exact) mass is 154 g/mol. The van der Waals surface area contributed by atoms with Crippen molar-refractivity contribution in [3.8, 4) is 0 Å². The van der Waals surface area contributed by atoms with Crippen LogP contribution in [0.2, 0.25) is 0 Å². The Morgan fingerprint density at radius 2 is 2.00 bits per heavy atom. The summed E-state index contributed by atoms with van der Waals surface area (Å²) in [5.41, 5.74) is 12.6. The SMILES string of the molecule is CCc1cc(F)cc(N)c1N. The summed E-state index contributed by atoms with van der Waals surface area (Å²) in [6.07, 6.45) is 0.702. The van der Waals surface area contributed by atoms with E-state index in [0.29, 0.717) is 17.8 Å². The predicted molar refractivity (Wildman–Crippen MR) is 44.6 cm³/mol. The van der Waals surface area contributed by atoms with E-state index in [4.69, 9.17) is 11.5 Å². The molecule has 0 aliphatic rings. The third kappa shape index (κ3) is 1.42. The first-order valence-electron chi connectivity index (χ1n) is 3.48. The minimum Gasteiger partial charge on any atom is -0.397 e. The molecule has 0 aromatic heterocycles. The van der Waals surface area contributed by atoms with E-state index in [1.165, 1.54) is 12.1 Å². The Morgan fingerprint density at radius 3 is 2.55 bits per heavy atom. The van der Waals surface area contributed by atoms with Gasteiger partial charge in [-0.1, -0.05) is 6.92 Å². The molecule has 0 heterocycles. The molecule has 0 atom stereocenters. The topological polar surface area (TPSA) is 52.0 Å². The molecule has 60 valence electrons. The number of aryl methyl sites for hydroxylation is 1. The molecule has 0 unspecified atom stereocenters. The largest absolute Gasteiger partial charge is 0.397 e. The normalized spacial score (nSPS) is 10.0. The fourth-order valence-corrected chi connectivity index (χ4v) is 0.990. The number of benzene rings is 1. The van der Waals surface area contributed by atoms with Crippen molar-refractivity contribution in [2.24, 2.45) is 0 Å². The number of anilines is 2. The number of nitrogen functional groups attached to an aromatic ring is 2. The maximum atomic E-state index is 12.7. The lowest BCUT2D eigenvalue weighted by atomic mass is 10.1. The summed E-state index contributed by atoms with van der Waals surface area (Å²) in [7, 11) is 0. The second kappa shape index (κ2) is 2.78. The Hall–Kier alpha value is -1.25. The Kier molecular flexibility index (Phi) is 1.98. The summed E-state index contributed by atoms with van der Waals surface area (Å²) in [5, 5.41) is 0. The quantitative estimate of drug-likeness (QED) is 0.603. The smallest absolute Gasteiger partial charge is 0.125 e. The van der Waals surface area contributed by atoms with E-state index >= 15 is 0 Å². The van der Waals surface area contributed by atoms with Crippen LogP contribution in [-0.2, 0) is 6.42 Å². The lowest BCUT2D eigenvalue weighted by Crippen LogP contribution is -2.00.